The summed E-state index contributed by atoms with van der Waals surface area (Å²) in [6.07, 6.45) is 9.92. The van der Waals surface area contributed by atoms with Gasteiger partial charge in [0, 0.05) is 35.1 Å². The van der Waals surface area contributed by atoms with Gasteiger partial charge < -0.3 is 0 Å². The third-order valence-corrected chi connectivity index (χ3v) is 5.62. The maximum Gasteiger partial charge on any atom is 0.113 e. The van der Waals surface area contributed by atoms with Gasteiger partial charge in [-0.05, 0) is 31.0 Å². The van der Waals surface area contributed by atoms with Gasteiger partial charge in [-0.3, -0.25) is 15.0 Å². The molecule has 0 radical (unpaired) electrons. The minimum Gasteiger partial charge on any atom is -0.261 e. The molecule has 30 heavy (non-hydrogen) atoms. The monoisotopic (exact) mass is 392 g/mol. The molecule has 1 aliphatic rings. The molecule has 0 aliphatic heterocycles. The molecule has 0 atom stereocenters. The van der Waals surface area contributed by atoms with E-state index in [0.717, 1.165) is 27.7 Å². The van der Waals surface area contributed by atoms with E-state index >= 15 is 0 Å². The fraction of sp³-hybridized carbons (Fsp3) is 0.227. The Labute approximate surface area is 172 Å². The lowest BCUT2D eigenvalue weighted by Gasteiger charge is -2.42. The molecule has 0 N–H and O–H groups in total. The summed E-state index contributed by atoms with van der Waals surface area (Å²) in [5.74, 6) is -0.0576. The summed E-state index contributed by atoms with van der Waals surface area (Å²) in [4.78, 5) is 14.7. The fourth-order valence-corrected chi connectivity index (χ4v) is 4.08. The van der Waals surface area contributed by atoms with E-state index < -0.39 is 5.54 Å². The molecule has 1 fully saturated rings. The molecule has 0 bridgehead atoms. The fourth-order valence-electron chi connectivity index (χ4n) is 4.08. The van der Waals surface area contributed by atoms with Crippen molar-refractivity contribution in [1.29, 1.82) is 10.5 Å². The van der Waals surface area contributed by atoms with Crippen LogP contribution in [0.15, 0.2) is 55.2 Å². The standard InChI is InChI=1S/C22H16N8/c23-4-3-22(10-15(11-22)12-24)30-28-14-21(29-30)18-8-16(20-13-25-6-7-27-20)9-19-17(18)2-1-5-26-19/h1-2,5-9,13-15H,3,10-11H2/t15-,22+. The van der Waals surface area contributed by atoms with Crippen LogP contribution in [0.4, 0.5) is 0 Å². The lowest BCUT2D eigenvalue weighted by Crippen LogP contribution is -2.47. The average Bonchev–Trinajstić information content (AvgIpc) is 3.26. The zero-order valence-electron chi connectivity index (χ0n) is 16.0. The normalized spacial score (nSPS) is 20.3. The average molecular weight is 392 g/mol. The summed E-state index contributed by atoms with van der Waals surface area (Å²) >= 11 is 0. The predicted octanol–water partition coefficient (Wildman–Crippen LogP) is 3.49. The molecule has 144 valence electrons. The Balaban J connectivity index is 1.62. The van der Waals surface area contributed by atoms with Gasteiger partial charge in [-0.15, -0.1) is 0 Å². The zero-order chi connectivity index (χ0) is 20.6. The van der Waals surface area contributed by atoms with Gasteiger partial charge >= 0.3 is 0 Å². The summed E-state index contributed by atoms with van der Waals surface area (Å²) in [5.41, 5.74) is 3.52. The molecule has 0 amide bonds. The van der Waals surface area contributed by atoms with Gasteiger partial charge in [0.2, 0.25) is 0 Å². The van der Waals surface area contributed by atoms with Gasteiger partial charge in [-0.2, -0.15) is 25.5 Å². The van der Waals surface area contributed by atoms with Crippen molar-refractivity contribution in [2.24, 2.45) is 5.92 Å². The number of rotatable bonds is 4. The van der Waals surface area contributed by atoms with Crippen molar-refractivity contribution in [3.63, 3.8) is 0 Å². The van der Waals surface area contributed by atoms with Gasteiger partial charge in [0.15, 0.2) is 0 Å². The number of benzene rings is 1. The number of hydrogen-bond donors (Lipinski definition) is 0. The summed E-state index contributed by atoms with van der Waals surface area (Å²) in [6, 6.07) is 12.4. The third kappa shape index (κ3) is 2.87. The SMILES string of the molecule is N#CC[C@]1(n2ncc(-c3cc(-c4cnccn4)cc4ncccc34)n2)C[C@@H](C#N)C1. The number of hydrogen-bond acceptors (Lipinski definition) is 7. The topological polar surface area (TPSA) is 117 Å². The Morgan fingerprint density at radius 3 is 2.73 bits per heavy atom. The maximum absolute atomic E-state index is 9.29. The van der Waals surface area contributed by atoms with Crippen LogP contribution in [0.2, 0.25) is 0 Å². The van der Waals surface area contributed by atoms with Crippen LogP contribution in [0.3, 0.4) is 0 Å². The first-order valence-corrected chi connectivity index (χ1v) is 9.57. The maximum atomic E-state index is 9.29. The molecule has 8 heteroatoms. The van der Waals surface area contributed by atoms with Gasteiger partial charge in [0.05, 0.1) is 53.6 Å². The third-order valence-electron chi connectivity index (χ3n) is 5.62. The number of pyridine rings is 1. The minimum absolute atomic E-state index is 0.0576. The Kier molecular flexibility index (Phi) is 4.19. The van der Waals surface area contributed by atoms with Gasteiger partial charge in [-0.1, -0.05) is 6.07 Å². The molecule has 1 saturated carbocycles. The highest BCUT2D eigenvalue weighted by Gasteiger charge is 2.48. The molecule has 1 aromatic carbocycles. The number of fused-ring (bicyclic) bond motifs is 1. The van der Waals surface area contributed by atoms with Crippen LogP contribution in [0, 0.1) is 28.6 Å². The lowest BCUT2D eigenvalue weighted by molar-refractivity contribution is 0.0713. The second kappa shape index (κ2) is 7.02. The summed E-state index contributed by atoms with van der Waals surface area (Å²) in [7, 11) is 0. The van der Waals surface area contributed by atoms with E-state index in [-0.39, 0.29) is 12.3 Å². The van der Waals surface area contributed by atoms with Crippen LogP contribution in [0.5, 0.6) is 0 Å². The van der Waals surface area contributed by atoms with Crippen molar-refractivity contribution in [3.05, 3.63) is 55.2 Å². The van der Waals surface area contributed by atoms with E-state index in [2.05, 4.69) is 32.2 Å². The Bertz CT molecular complexity index is 1310. The van der Waals surface area contributed by atoms with Crippen LogP contribution >= 0.6 is 0 Å². The largest absolute Gasteiger partial charge is 0.261 e. The molecule has 8 nitrogen and oxygen atoms in total. The van der Waals surface area contributed by atoms with E-state index in [1.54, 1.807) is 35.8 Å². The van der Waals surface area contributed by atoms with E-state index in [1.165, 1.54) is 0 Å². The summed E-state index contributed by atoms with van der Waals surface area (Å²) in [5, 5.41) is 28.6. The summed E-state index contributed by atoms with van der Waals surface area (Å²) < 4.78 is 0. The van der Waals surface area contributed by atoms with Gasteiger partial charge in [0.1, 0.15) is 5.69 Å². The van der Waals surface area contributed by atoms with E-state index in [9.17, 15) is 10.5 Å². The Morgan fingerprint density at radius 2 is 1.97 bits per heavy atom. The first-order chi connectivity index (χ1) is 14.7. The second-order valence-corrected chi connectivity index (χ2v) is 7.50. The van der Waals surface area contributed by atoms with Crippen LogP contribution in [0.25, 0.3) is 33.4 Å². The second-order valence-electron chi connectivity index (χ2n) is 7.50. The van der Waals surface area contributed by atoms with Gasteiger partial charge in [-0.25, -0.2) is 0 Å². The van der Waals surface area contributed by atoms with Crippen molar-refractivity contribution >= 4 is 10.9 Å². The molecule has 4 aromatic rings. The molecule has 5 rings (SSSR count). The van der Waals surface area contributed by atoms with Crippen molar-refractivity contribution in [1.82, 2.24) is 29.9 Å². The lowest BCUT2D eigenvalue weighted by atomic mass is 9.68. The van der Waals surface area contributed by atoms with E-state index in [4.69, 9.17) is 5.10 Å². The molecular weight excluding hydrogens is 376 g/mol. The van der Waals surface area contributed by atoms with Crippen LogP contribution in [-0.4, -0.2) is 29.9 Å². The van der Waals surface area contributed by atoms with E-state index in [1.807, 2.05) is 24.3 Å². The highest BCUT2D eigenvalue weighted by atomic mass is 15.5. The smallest absolute Gasteiger partial charge is 0.113 e. The van der Waals surface area contributed by atoms with Crippen LogP contribution < -0.4 is 0 Å². The molecule has 0 saturated heterocycles. The molecular formula is C22H16N8. The van der Waals surface area contributed by atoms with Crippen molar-refractivity contribution in [2.75, 3.05) is 0 Å². The van der Waals surface area contributed by atoms with Gasteiger partial charge in [0.25, 0.3) is 0 Å². The highest BCUT2D eigenvalue weighted by Crippen LogP contribution is 2.45. The van der Waals surface area contributed by atoms with Crippen LogP contribution in [0.1, 0.15) is 19.3 Å². The first-order valence-electron chi connectivity index (χ1n) is 9.57. The molecule has 0 unspecified atom stereocenters. The Morgan fingerprint density at radius 1 is 1.07 bits per heavy atom. The molecule has 3 heterocycles. The highest BCUT2D eigenvalue weighted by molar-refractivity contribution is 5.96. The molecule has 0 spiro atoms. The van der Waals surface area contributed by atoms with Crippen LogP contribution in [-0.2, 0) is 5.54 Å². The number of nitriles is 2. The van der Waals surface area contributed by atoms with Crippen molar-refractivity contribution < 1.29 is 0 Å². The van der Waals surface area contributed by atoms with Crippen molar-refractivity contribution in [3.8, 4) is 34.7 Å². The molecule has 1 aliphatic carbocycles. The number of nitrogens with zero attached hydrogens (tertiary/aromatic N) is 8. The summed E-state index contributed by atoms with van der Waals surface area (Å²) in [6.45, 7) is 0. The Hall–Kier alpha value is -4.17. The number of aromatic nitrogens is 6. The van der Waals surface area contributed by atoms with Crippen molar-refractivity contribution in [2.45, 2.75) is 24.8 Å². The predicted molar refractivity (Wildman–Crippen MR) is 108 cm³/mol. The minimum atomic E-state index is -0.510. The quantitative estimate of drug-likeness (QED) is 0.522. The first kappa shape index (κ1) is 17.9. The van der Waals surface area contributed by atoms with E-state index in [0.29, 0.717) is 18.5 Å². The zero-order valence-corrected chi connectivity index (χ0v) is 16.0. The molecule has 3 aromatic heterocycles.